The first-order valence-corrected chi connectivity index (χ1v) is 7.34. The topological polar surface area (TPSA) is 67.9 Å². The van der Waals surface area contributed by atoms with Crippen LogP contribution in [-0.2, 0) is 9.53 Å². The second-order valence-electron chi connectivity index (χ2n) is 5.11. The van der Waals surface area contributed by atoms with Crippen molar-refractivity contribution in [2.75, 3.05) is 30.0 Å². The molecule has 0 radical (unpaired) electrons. The monoisotopic (exact) mass is 330 g/mol. The van der Waals surface area contributed by atoms with Crippen LogP contribution >= 0.6 is 0 Å². The van der Waals surface area contributed by atoms with Gasteiger partial charge in [-0.25, -0.2) is 9.18 Å². The van der Waals surface area contributed by atoms with E-state index in [9.17, 15) is 14.0 Å². The maximum atomic E-state index is 13.0. The van der Waals surface area contributed by atoms with Gasteiger partial charge in [0.1, 0.15) is 18.2 Å². The first-order valence-electron chi connectivity index (χ1n) is 7.34. The van der Waals surface area contributed by atoms with Gasteiger partial charge in [-0.1, -0.05) is 6.07 Å². The van der Waals surface area contributed by atoms with Crippen molar-refractivity contribution in [2.24, 2.45) is 0 Å². The molecule has 2 aromatic carbocycles. The van der Waals surface area contributed by atoms with E-state index in [-0.39, 0.29) is 24.4 Å². The summed E-state index contributed by atoms with van der Waals surface area (Å²) >= 11 is 0. The van der Waals surface area contributed by atoms with E-state index >= 15 is 0 Å². The highest BCUT2D eigenvalue weighted by atomic mass is 19.1. The summed E-state index contributed by atoms with van der Waals surface area (Å²) in [6, 6.07) is 12.4. The molecule has 124 valence electrons. The van der Waals surface area contributed by atoms with Gasteiger partial charge in [0.05, 0.1) is 6.54 Å². The molecule has 6 nitrogen and oxygen atoms in total. The summed E-state index contributed by atoms with van der Waals surface area (Å²) in [5.74, 6) is -0.510. The summed E-state index contributed by atoms with van der Waals surface area (Å²) < 4.78 is 23.1. The Morgan fingerprint density at radius 1 is 1.25 bits per heavy atom. The lowest BCUT2D eigenvalue weighted by Gasteiger charge is -2.13. The second kappa shape index (κ2) is 6.99. The molecule has 1 aliphatic rings. The highest BCUT2D eigenvalue weighted by molar-refractivity contribution is 5.93. The van der Waals surface area contributed by atoms with Crippen LogP contribution in [0.25, 0.3) is 0 Å². The Morgan fingerprint density at radius 3 is 2.71 bits per heavy atom. The zero-order valence-electron chi connectivity index (χ0n) is 12.7. The van der Waals surface area contributed by atoms with E-state index in [0.29, 0.717) is 24.5 Å². The van der Waals surface area contributed by atoms with Crippen LogP contribution in [0.15, 0.2) is 48.5 Å². The number of carbonyl (C=O) groups is 2. The van der Waals surface area contributed by atoms with E-state index in [1.807, 2.05) is 0 Å². The number of hydrogen-bond acceptors (Lipinski definition) is 4. The van der Waals surface area contributed by atoms with Gasteiger partial charge in [0.2, 0.25) is 0 Å². The molecule has 1 fully saturated rings. The quantitative estimate of drug-likeness (QED) is 0.915. The number of hydrogen-bond donors (Lipinski definition) is 1. The van der Waals surface area contributed by atoms with E-state index in [1.54, 1.807) is 30.3 Å². The molecule has 0 spiro atoms. The number of amides is 2. The maximum Gasteiger partial charge on any atom is 0.414 e. The van der Waals surface area contributed by atoms with Gasteiger partial charge >= 0.3 is 6.09 Å². The standard InChI is InChI=1S/C17H15FN2O4/c18-12-2-1-3-15(10-12)24-11-16(21)19-13-4-6-14(7-5-13)20-8-9-23-17(20)22/h1-7,10H,8-9,11H2,(H,19,21). The SMILES string of the molecule is O=C(COc1cccc(F)c1)Nc1ccc(N2CCOC2=O)cc1. The Bertz CT molecular complexity index is 749. The van der Waals surface area contributed by atoms with Crippen molar-refractivity contribution in [3.8, 4) is 5.75 Å². The van der Waals surface area contributed by atoms with Gasteiger partial charge in [0, 0.05) is 17.4 Å². The van der Waals surface area contributed by atoms with Crippen molar-refractivity contribution < 1.29 is 23.5 Å². The summed E-state index contributed by atoms with van der Waals surface area (Å²) in [6.07, 6.45) is -0.379. The molecule has 0 aliphatic carbocycles. The summed E-state index contributed by atoms with van der Waals surface area (Å²) in [6.45, 7) is 0.643. The number of cyclic esters (lactones) is 1. The van der Waals surface area contributed by atoms with Gasteiger partial charge in [-0.2, -0.15) is 0 Å². The first-order chi connectivity index (χ1) is 11.6. The fourth-order valence-corrected chi connectivity index (χ4v) is 2.26. The van der Waals surface area contributed by atoms with Gasteiger partial charge in [-0.3, -0.25) is 9.69 Å². The smallest absolute Gasteiger partial charge is 0.414 e. The predicted octanol–water partition coefficient (Wildman–Crippen LogP) is 2.80. The van der Waals surface area contributed by atoms with Crippen molar-refractivity contribution in [1.82, 2.24) is 0 Å². The fraction of sp³-hybridized carbons (Fsp3) is 0.176. The molecular formula is C17H15FN2O4. The minimum Gasteiger partial charge on any atom is -0.484 e. The molecule has 2 aromatic rings. The van der Waals surface area contributed by atoms with Gasteiger partial charge in [-0.15, -0.1) is 0 Å². The third-order valence-corrected chi connectivity index (χ3v) is 3.39. The number of ether oxygens (including phenoxy) is 2. The van der Waals surface area contributed by atoms with Crippen molar-refractivity contribution in [3.05, 3.63) is 54.3 Å². The Labute approximate surface area is 137 Å². The lowest BCUT2D eigenvalue weighted by molar-refractivity contribution is -0.118. The molecule has 0 unspecified atom stereocenters. The first kappa shape index (κ1) is 15.8. The van der Waals surface area contributed by atoms with Crippen molar-refractivity contribution >= 4 is 23.4 Å². The minimum atomic E-state index is -0.427. The summed E-state index contributed by atoms with van der Waals surface area (Å²) in [4.78, 5) is 24.8. The van der Waals surface area contributed by atoms with Gasteiger partial charge in [-0.05, 0) is 36.4 Å². The van der Waals surface area contributed by atoms with E-state index in [1.165, 1.54) is 23.1 Å². The third kappa shape index (κ3) is 3.81. The summed E-state index contributed by atoms with van der Waals surface area (Å²) in [5, 5.41) is 2.66. The highest BCUT2D eigenvalue weighted by Crippen LogP contribution is 2.21. The molecule has 0 saturated carbocycles. The largest absolute Gasteiger partial charge is 0.484 e. The normalized spacial score (nSPS) is 13.5. The molecule has 0 bridgehead atoms. The predicted molar refractivity (Wildman–Crippen MR) is 85.7 cm³/mol. The molecule has 0 aromatic heterocycles. The molecule has 1 N–H and O–H groups in total. The second-order valence-corrected chi connectivity index (χ2v) is 5.11. The lowest BCUT2D eigenvalue weighted by atomic mass is 10.2. The molecule has 24 heavy (non-hydrogen) atoms. The molecule has 7 heteroatoms. The summed E-state index contributed by atoms with van der Waals surface area (Å²) in [5.41, 5.74) is 1.27. The average Bonchev–Trinajstić information content (AvgIpc) is 3.00. The molecule has 0 atom stereocenters. The Morgan fingerprint density at radius 2 is 2.04 bits per heavy atom. The van der Waals surface area contributed by atoms with Crippen LogP contribution in [0.3, 0.4) is 0 Å². The molecule has 1 heterocycles. The van der Waals surface area contributed by atoms with Crippen LogP contribution in [-0.4, -0.2) is 31.8 Å². The van der Waals surface area contributed by atoms with E-state index in [2.05, 4.69) is 5.32 Å². The number of halogens is 1. The lowest BCUT2D eigenvalue weighted by Crippen LogP contribution is -2.23. The zero-order valence-corrected chi connectivity index (χ0v) is 12.7. The van der Waals surface area contributed by atoms with Crippen LogP contribution in [0.2, 0.25) is 0 Å². The third-order valence-electron chi connectivity index (χ3n) is 3.39. The fourth-order valence-electron chi connectivity index (χ4n) is 2.26. The van der Waals surface area contributed by atoms with Crippen LogP contribution in [0.5, 0.6) is 5.75 Å². The van der Waals surface area contributed by atoms with Gasteiger partial charge in [0.15, 0.2) is 6.61 Å². The molecule has 1 saturated heterocycles. The number of nitrogens with one attached hydrogen (secondary N) is 1. The molecule has 1 aliphatic heterocycles. The number of nitrogens with zero attached hydrogens (tertiary/aromatic N) is 1. The number of benzene rings is 2. The van der Waals surface area contributed by atoms with Crippen LogP contribution in [0, 0.1) is 5.82 Å². The Hall–Kier alpha value is -3.09. The summed E-state index contributed by atoms with van der Waals surface area (Å²) in [7, 11) is 0. The zero-order chi connectivity index (χ0) is 16.9. The van der Waals surface area contributed by atoms with Crippen LogP contribution in [0.4, 0.5) is 20.6 Å². The molecule has 3 rings (SSSR count). The van der Waals surface area contributed by atoms with Gasteiger partial charge < -0.3 is 14.8 Å². The van der Waals surface area contributed by atoms with Crippen molar-refractivity contribution in [3.63, 3.8) is 0 Å². The van der Waals surface area contributed by atoms with Crippen molar-refractivity contribution in [1.29, 1.82) is 0 Å². The Kier molecular flexibility index (Phi) is 4.60. The van der Waals surface area contributed by atoms with E-state index in [0.717, 1.165) is 0 Å². The number of anilines is 2. The average molecular weight is 330 g/mol. The van der Waals surface area contributed by atoms with Crippen LogP contribution in [0.1, 0.15) is 0 Å². The molecule has 2 amide bonds. The number of rotatable bonds is 5. The number of carbonyl (C=O) groups excluding carboxylic acids is 2. The van der Waals surface area contributed by atoms with E-state index < -0.39 is 5.82 Å². The van der Waals surface area contributed by atoms with Crippen molar-refractivity contribution in [2.45, 2.75) is 0 Å². The van der Waals surface area contributed by atoms with Crippen LogP contribution < -0.4 is 15.0 Å². The Balaban J connectivity index is 1.53. The maximum absolute atomic E-state index is 13.0. The van der Waals surface area contributed by atoms with E-state index in [4.69, 9.17) is 9.47 Å². The highest BCUT2D eigenvalue weighted by Gasteiger charge is 2.23. The van der Waals surface area contributed by atoms with Gasteiger partial charge in [0.25, 0.3) is 5.91 Å². The minimum absolute atomic E-state index is 0.232. The molecular weight excluding hydrogens is 315 g/mol.